The highest BCUT2D eigenvalue weighted by Gasteiger charge is 2.02. The number of aromatic nitrogens is 1. The zero-order valence-electron chi connectivity index (χ0n) is 10.8. The average Bonchev–Trinajstić information content (AvgIpc) is 2.39. The van der Waals surface area contributed by atoms with E-state index in [1.54, 1.807) is 6.07 Å². The summed E-state index contributed by atoms with van der Waals surface area (Å²) < 4.78 is 0. The molecule has 1 aromatic heterocycles. The van der Waals surface area contributed by atoms with Gasteiger partial charge in [0.05, 0.1) is 0 Å². The Balaban J connectivity index is 2.05. The molecule has 0 radical (unpaired) electrons. The van der Waals surface area contributed by atoms with Crippen LogP contribution in [0.25, 0.3) is 10.9 Å². The summed E-state index contributed by atoms with van der Waals surface area (Å²) in [5.74, 6) is 0. The molecular weight excluding hydrogens is 234 g/mol. The predicted molar refractivity (Wildman–Crippen MR) is 78.6 cm³/mol. The molecule has 0 saturated heterocycles. The van der Waals surface area contributed by atoms with Gasteiger partial charge in [-0.1, -0.05) is 42.5 Å². The molecule has 3 rings (SSSR count). The van der Waals surface area contributed by atoms with Crippen LogP contribution in [0.5, 0.6) is 0 Å². The molecule has 2 heteroatoms. The molecule has 0 amide bonds. The standard InChI is InChI=1S/C17H15NO/c1-12-9-17(19)18-16-11-14(7-8-15(12)16)10-13-5-3-2-4-6-13/h2-9,11H,10H2,1H3,(H,18,19). The monoisotopic (exact) mass is 249 g/mol. The molecule has 94 valence electrons. The first-order valence-electron chi connectivity index (χ1n) is 6.39. The summed E-state index contributed by atoms with van der Waals surface area (Å²) in [5.41, 5.74) is 4.38. The Hall–Kier alpha value is -2.35. The Morgan fingerprint density at radius 1 is 0.947 bits per heavy atom. The van der Waals surface area contributed by atoms with Crippen LogP contribution in [-0.4, -0.2) is 4.98 Å². The van der Waals surface area contributed by atoms with E-state index in [-0.39, 0.29) is 5.56 Å². The first-order chi connectivity index (χ1) is 9.22. The first-order valence-corrected chi connectivity index (χ1v) is 6.39. The number of rotatable bonds is 2. The smallest absolute Gasteiger partial charge is 0.248 e. The van der Waals surface area contributed by atoms with Crippen molar-refractivity contribution in [2.75, 3.05) is 0 Å². The number of hydrogen-bond acceptors (Lipinski definition) is 1. The fraction of sp³-hybridized carbons (Fsp3) is 0.118. The fourth-order valence-corrected chi connectivity index (χ4v) is 2.42. The summed E-state index contributed by atoms with van der Waals surface area (Å²) in [7, 11) is 0. The van der Waals surface area contributed by atoms with Crippen LogP contribution < -0.4 is 5.56 Å². The lowest BCUT2D eigenvalue weighted by Crippen LogP contribution is -2.05. The van der Waals surface area contributed by atoms with E-state index in [1.807, 2.05) is 25.1 Å². The number of aryl methyl sites for hydroxylation is 1. The summed E-state index contributed by atoms with van der Waals surface area (Å²) in [4.78, 5) is 14.4. The minimum absolute atomic E-state index is 0.0399. The maximum atomic E-state index is 11.5. The van der Waals surface area contributed by atoms with Gasteiger partial charge in [0.1, 0.15) is 0 Å². The molecule has 1 N–H and O–H groups in total. The van der Waals surface area contributed by atoms with Crippen molar-refractivity contribution < 1.29 is 0 Å². The molecule has 0 spiro atoms. The summed E-state index contributed by atoms with van der Waals surface area (Å²) in [6.45, 7) is 1.97. The third kappa shape index (κ3) is 2.43. The minimum atomic E-state index is -0.0399. The summed E-state index contributed by atoms with van der Waals surface area (Å²) >= 11 is 0. The van der Waals surface area contributed by atoms with Crippen LogP contribution in [0.1, 0.15) is 16.7 Å². The van der Waals surface area contributed by atoms with Crippen LogP contribution >= 0.6 is 0 Å². The van der Waals surface area contributed by atoms with Gasteiger partial charge in [-0.05, 0) is 36.1 Å². The zero-order valence-corrected chi connectivity index (χ0v) is 10.8. The van der Waals surface area contributed by atoms with E-state index in [1.165, 1.54) is 11.1 Å². The molecular formula is C17H15NO. The maximum absolute atomic E-state index is 11.5. The molecule has 0 unspecified atom stereocenters. The number of fused-ring (bicyclic) bond motifs is 1. The second kappa shape index (κ2) is 4.73. The molecule has 1 heterocycles. The Morgan fingerprint density at radius 3 is 2.53 bits per heavy atom. The van der Waals surface area contributed by atoms with Gasteiger partial charge >= 0.3 is 0 Å². The molecule has 0 saturated carbocycles. The molecule has 0 fully saturated rings. The second-order valence-corrected chi connectivity index (χ2v) is 4.86. The highest BCUT2D eigenvalue weighted by atomic mass is 16.1. The van der Waals surface area contributed by atoms with Crippen LogP contribution in [0.15, 0.2) is 59.4 Å². The third-order valence-electron chi connectivity index (χ3n) is 3.37. The third-order valence-corrected chi connectivity index (χ3v) is 3.37. The molecule has 2 nitrogen and oxygen atoms in total. The largest absolute Gasteiger partial charge is 0.322 e. The molecule has 0 atom stereocenters. The predicted octanol–water partition coefficient (Wildman–Crippen LogP) is 3.43. The van der Waals surface area contributed by atoms with Gasteiger partial charge in [0, 0.05) is 17.0 Å². The summed E-state index contributed by atoms with van der Waals surface area (Å²) in [6.07, 6.45) is 0.882. The molecule has 19 heavy (non-hydrogen) atoms. The minimum Gasteiger partial charge on any atom is -0.322 e. The van der Waals surface area contributed by atoms with E-state index in [2.05, 4.69) is 35.3 Å². The van der Waals surface area contributed by atoms with Crippen molar-refractivity contribution in [3.05, 3.63) is 81.6 Å². The molecule has 0 bridgehead atoms. The van der Waals surface area contributed by atoms with Crippen molar-refractivity contribution >= 4 is 10.9 Å². The Bertz CT molecular complexity index is 772. The van der Waals surface area contributed by atoms with Crippen molar-refractivity contribution in [1.82, 2.24) is 4.98 Å². The van der Waals surface area contributed by atoms with E-state index in [4.69, 9.17) is 0 Å². The lowest BCUT2D eigenvalue weighted by atomic mass is 10.0. The van der Waals surface area contributed by atoms with Gasteiger partial charge in [-0.25, -0.2) is 0 Å². The maximum Gasteiger partial charge on any atom is 0.248 e. The van der Waals surface area contributed by atoms with Crippen molar-refractivity contribution in [3.63, 3.8) is 0 Å². The van der Waals surface area contributed by atoms with E-state index >= 15 is 0 Å². The van der Waals surface area contributed by atoms with Crippen molar-refractivity contribution in [3.8, 4) is 0 Å². The molecule has 0 aliphatic carbocycles. The Kier molecular flexibility index (Phi) is 2.92. The second-order valence-electron chi connectivity index (χ2n) is 4.86. The Labute approximate surface area is 111 Å². The van der Waals surface area contributed by atoms with Gasteiger partial charge in [0.2, 0.25) is 5.56 Å². The SMILES string of the molecule is Cc1cc(=O)[nH]c2cc(Cc3ccccc3)ccc12. The van der Waals surface area contributed by atoms with Gasteiger partial charge in [0.25, 0.3) is 0 Å². The van der Waals surface area contributed by atoms with E-state index in [0.717, 1.165) is 22.9 Å². The van der Waals surface area contributed by atoms with E-state index < -0.39 is 0 Å². The highest BCUT2D eigenvalue weighted by molar-refractivity contribution is 5.82. The number of pyridine rings is 1. The Morgan fingerprint density at radius 2 is 1.74 bits per heavy atom. The molecule has 0 aliphatic heterocycles. The van der Waals surface area contributed by atoms with Crippen LogP contribution in [0.3, 0.4) is 0 Å². The fourth-order valence-electron chi connectivity index (χ4n) is 2.42. The van der Waals surface area contributed by atoms with Gasteiger partial charge in [-0.2, -0.15) is 0 Å². The zero-order chi connectivity index (χ0) is 13.2. The first kappa shape index (κ1) is 11.7. The molecule has 2 aromatic carbocycles. The quantitative estimate of drug-likeness (QED) is 0.741. The molecule has 3 aromatic rings. The summed E-state index contributed by atoms with van der Waals surface area (Å²) in [5, 5.41) is 1.11. The lowest BCUT2D eigenvalue weighted by Gasteiger charge is -2.06. The van der Waals surface area contributed by atoms with Gasteiger partial charge in [-0.15, -0.1) is 0 Å². The lowest BCUT2D eigenvalue weighted by molar-refractivity contribution is 1.19. The number of benzene rings is 2. The number of H-pyrrole nitrogens is 1. The van der Waals surface area contributed by atoms with Crippen LogP contribution in [0, 0.1) is 6.92 Å². The normalized spacial score (nSPS) is 10.8. The van der Waals surface area contributed by atoms with Crippen molar-refractivity contribution in [2.24, 2.45) is 0 Å². The van der Waals surface area contributed by atoms with E-state index in [0.29, 0.717) is 0 Å². The van der Waals surface area contributed by atoms with E-state index in [9.17, 15) is 4.79 Å². The molecule has 0 aliphatic rings. The summed E-state index contributed by atoms with van der Waals surface area (Å²) in [6, 6.07) is 18.2. The number of hydrogen-bond donors (Lipinski definition) is 1. The van der Waals surface area contributed by atoms with Gasteiger partial charge in [0.15, 0.2) is 0 Å². The van der Waals surface area contributed by atoms with Gasteiger partial charge in [-0.3, -0.25) is 4.79 Å². The number of nitrogens with one attached hydrogen (secondary N) is 1. The topological polar surface area (TPSA) is 32.9 Å². The number of aromatic amines is 1. The van der Waals surface area contributed by atoms with Gasteiger partial charge < -0.3 is 4.98 Å². The van der Waals surface area contributed by atoms with Crippen LogP contribution in [0.2, 0.25) is 0 Å². The average molecular weight is 249 g/mol. The van der Waals surface area contributed by atoms with Crippen molar-refractivity contribution in [1.29, 1.82) is 0 Å². The van der Waals surface area contributed by atoms with Crippen LogP contribution in [-0.2, 0) is 6.42 Å². The highest BCUT2D eigenvalue weighted by Crippen LogP contribution is 2.18. The van der Waals surface area contributed by atoms with Crippen molar-refractivity contribution in [2.45, 2.75) is 13.3 Å². The van der Waals surface area contributed by atoms with Crippen LogP contribution in [0.4, 0.5) is 0 Å².